The maximum Gasteiger partial charge on any atom is 0.137 e. The van der Waals surface area contributed by atoms with Gasteiger partial charge in [0.05, 0.1) is 5.52 Å². The van der Waals surface area contributed by atoms with Crippen molar-refractivity contribution in [1.82, 2.24) is 14.9 Å². The van der Waals surface area contributed by atoms with Gasteiger partial charge in [-0.1, -0.05) is 19.3 Å². The molecule has 0 unspecified atom stereocenters. The van der Waals surface area contributed by atoms with Gasteiger partial charge in [0.2, 0.25) is 0 Å². The molecule has 31 heavy (non-hydrogen) atoms. The van der Waals surface area contributed by atoms with Crippen molar-refractivity contribution < 1.29 is 4.39 Å². The Morgan fingerprint density at radius 1 is 1.10 bits per heavy atom. The Hall–Kier alpha value is -1.79. The van der Waals surface area contributed by atoms with E-state index in [0.717, 1.165) is 67.7 Å². The van der Waals surface area contributed by atoms with E-state index in [1.165, 1.54) is 19.3 Å². The molecule has 1 saturated heterocycles. The number of hydrogen-bond acceptors (Lipinski definition) is 5. The first-order valence-electron chi connectivity index (χ1n) is 12.3. The Morgan fingerprint density at radius 3 is 2.52 bits per heavy atom. The van der Waals surface area contributed by atoms with E-state index in [9.17, 15) is 4.39 Å². The topological polar surface area (TPSA) is 67.1 Å². The number of fused-ring (bicyclic) bond motifs is 1. The summed E-state index contributed by atoms with van der Waals surface area (Å²) >= 11 is 0. The number of hydrogen-bond donors (Lipinski definition) is 2. The van der Waals surface area contributed by atoms with E-state index >= 15 is 0 Å². The quantitative estimate of drug-likeness (QED) is 0.651. The van der Waals surface area contributed by atoms with Gasteiger partial charge in [0.15, 0.2) is 0 Å². The van der Waals surface area contributed by atoms with Crippen LogP contribution in [0.4, 0.5) is 10.2 Å². The number of nitrogens with two attached hydrogens (primary N) is 1. The van der Waals surface area contributed by atoms with Crippen molar-refractivity contribution in [3.63, 3.8) is 0 Å². The second-order valence-electron chi connectivity index (χ2n) is 9.67. The highest BCUT2D eigenvalue weighted by molar-refractivity contribution is 5.90. The molecule has 1 aromatic heterocycles. The van der Waals surface area contributed by atoms with Crippen LogP contribution in [0.5, 0.6) is 0 Å². The summed E-state index contributed by atoms with van der Waals surface area (Å²) in [6, 6.07) is 4.52. The second-order valence-corrected chi connectivity index (χ2v) is 9.67. The van der Waals surface area contributed by atoms with Crippen LogP contribution in [0.1, 0.15) is 82.5 Å². The van der Waals surface area contributed by atoms with E-state index in [0.29, 0.717) is 36.5 Å². The molecule has 1 aliphatic heterocycles. The molecule has 2 aromatic rings. The summed E-state index contributed by atoms with van der Waals surface area (Å²) < 4.78 is 14.9. The van der Waals surface area contributed by atoms with Crippen molar-refractivity contribution >= 4 is 16.7 Å². The molecule has 1 saturated carbocycles. The fourth-order valence-corrected chi connectivity index (χ4v) is 5.10. The molecule has 0 radical (unpaired) electrons. The molecule has 2 aliphatic rings. The van der Waals surface area contributed by atoms with E-state index in [-0.39, 0.29) is 5.82 Å². The average Bonchev–Trinajstić information content (AvgIpc) is 2.79. The Balaban J connectivity index is 1.65. The van der Waals surface area contributed by atoms with Gasteiger partial charge in [0.25, 0.3) is 0 Å². The Labute approximate surface area is 186 Å². The van der Waals surface area contributed by atoms with E-state index in [1.54, 1.807) is 6.07 Å². The van der Waals surface area contributed by atoms with Gasteiger partial charge >= 0.3 is 0 Å². The Kier molecular flexibility index (Phi) is 7.39. The number of aryl methyl sites for hydroxylation is 1. The molecule has 2 fully saturated rings. The van der Waals surface area contributed by atoms with Crippen molar-refractivity contribution in [2.45, 2.75) is 89.6 Å². The number of benzene rings is 1. The first-order valence-corrected chi connectivity index (χ1v) is 12.3. The van der Waals surface area contributed by atoms with Crippen LogP contribution in [-0.4, -0.2) is 46.6 Å². The van der Waals surface area contributed by atoms with E-state index in [2.05, 4.69) is 24.1 Å². The number of piperidine rings is 1. The lowest BCUT2D eigenvalue weighted by Gasteiger charge is -2.35. The molecule has 0 amide bonds. The number of rotatable bonds is 7. The predicted molar refractivity (Wildman–Crippen MR) is 126 cm³/mol. The van der Waals surface area contributed by atoms with Crippen molar-refractivity contribution in [1.29, 1.82) is 0 Å². The van der Waals surface area contributed by atoms with Gasteiger partial charge in [0.1, 0.15) is 17.5 Å². The molecular weight excluding hydrogens is 389 g/mol. The molecule has 3 N–H and O–H groups in total. The number of nitrogens with one attached hydrogen (secondary N) is 1. The van der Waals surface area contributed by atoms with Crippen molar-refractivity contribution in [3.8, 4) is 0 Å². The number of halogens is 1. The maximum absolute atomic E-state index is 14.9. The zero-order chi connectivity index (χ0) is 21.8. The van der Waals surface area contributed by atoms with Crippen LogP contribution in [0.15, 0.2) is 12.1 Å². The summed E-state index contributed by atoms with van der Waals surface area (Å²) in [7, 11) is 0. The molecule has 5 nitrogen and oxygen atoms in total. The van der Waals surface area contributed by atoms with Crippen LogP contribution >= 0.6 is 0 Å². The Morgan fingerprint density at radius 2 is 1.84 bits per heavy atom. The SMILES string of the molecule is CC(C)N1CCC(Nc2nc(C3CCCCC3)nc3cc(CCCN)c(F)cc23)CC1. The third kappa shape index (κ3) is 5.35. The van der Waals surface area contributed by atoms with Gasteiger partial charge in [-0.05, 0) is 76.6 Å². The highest BCUT2D eigenvalue weighted by Crippen LogP contribution is 2.34. The zero-order valence-electron chi connectivity index (χ0n) is 19.2. The van der Waals surface area contributed by atoms with Gasteiger partial charge in [-0.2, -0.15) is 0 Å². The second kappa shape index (κ2) is 10.2. The van der Waals surface area contributed by atoms with Gasteiger partial charge in [-0.15, -0.1) is 0 Å². The first-order chi connectivity index (χ1) is 15.0. The van der Waals surface area contributed by atoms with Crippen LogP contribution in [0.2, 0.25) is 0 Å². The minimum absolute atomic E-state index is 0.173. The summed E-state index contributed by atoms with van der Waals surface area (Å²) in [5.74, 6) is 2.00. The minimum atomic E-state index is -0.173. The summed E-state index contributed by atoms with van der Waals surface area (Å²) in [4.78, 5) is 12.4. The van der Waals surface area contributed by atoms with E-state index in [1.807, 2.05) is 6.07 Å². The van der Waals surface area contributed by atoms with Crippen LogP contribution < -0.4 is 11.1 Å². The lowest BCUT2D eigenvalue weighted by Crippen LogP contribution is -2.42. The smallest absolute Gasteiger partial charge is 0.137 e. The molecule has 0 spiro atoms. The largest absolute Gasteiger partial charge is 0.367 e. The number of likely N-dealkylation sites (tertiary alicyclic amines) is 1. The number of anilines is 1. The third-order valence-corrected chi connectivity index (χ3v) is 7.10. The predicted octanol–water partition coefficient (Wildman–Crippen LogP) is 4.99. The summed E-state index contributed by atoms with van der Waals surface area (Å²) in [6.45, 7) is 7.26. The molecular formula is C25H38FN5. The third-order valence-electron chi connectivity index (χ3n) is 7.10. The summed E-state index contributed by atoms with van der Waals surface area (Å²) in [5.41, 5.74) is 7.23. The fourth-order valence-electron chi connectivity index (χ4n) is 5.10. The van der Waals surface area contributed by atoms with Crippen LogP contribution in [0.25, 0.3) is 10.9 Å². The normalized spacial score (nSPS) is 19.4. The standard InChI is InChI=1S/C25H38FN5/c1-17(2)31-13-10-20(11-14-31)28-25-21-16-22(26)19(9-6-12-27)15-23(21)29-24(30-25)18-7-4-3-5-8-18/h15-18,20H,3-14,27H2,1-2H3,(H,28,29,30). The minimum Gasteiger partial charge on any atom is -0.367 e. The molecule has 1 aromatic carbocycles. The summed E-state index contributed by atoms with van der Waals surface area (Å²) in [6.07, 6.45) is 9.69. The van der Waals surface area contributed by atoms with Gasteiger partial charge in [0, 0.05) is 36.5 Å². The van der Waals surface area contributed by atoms with Gasteiger partial charge in [-0.25, -0.2) is 14.4 Å². The fraction of sp³-hybridized carbons (Fsp3) is 0.680. The molecule has 170 valence electrons. The number of aromatic nitrogens is 2. The monoisotopic (exact) mass is 427 g/mol. The molecule has 0 bridgehead atoms. The highest BCUT2D eigenvalue weighted by atomic mass is 19.1. The lowest BCUT2D eigenvalue weighted by molar-refractivity contribution is 0.177. The van der Waals surface area contributed by atoms with Gasteiger partial charge < -0.3 is 16.0 Å². The van der Waals surface area contributed by atoms with Crippen molar-refractivity contribution in [2.24, 2.45) is 5.73 Å². The van der Waals surface area contributed by atoms with Gasteiger partial charge in [-0.3, -0.25) is 0 Å². The van der Waals surface area contributed by atoms with Crippen LogP contribution in [0.3, 0.4) is 0 Å². The zero-order valence-corrected chi connectivity index (χ0v) is 19.2. The van der Waals surface area contributed by atoms with Crippen molar-refractivity contribution in [2.75, 3.05) is 25.0 Å². The van der Waals surface area contributed by atoms with Crippen LogP contribution in [0, 0.1) is 5.82 Å². The first kappa shape index (κ1) is 22.4. The molecule has 4 rings (SSSR count). The molecule has 6 heteroatoms. The van der Waals surface area contributed by atoms with E-state index < -0.39 is 0 Å². The van der Waals surface area contributed by atoms with Crippen LogP contribution in [-0.2, 0) is 6.42 Å². The average molecular weight is 428 g/mol. The van der Waals surface area contributed by atoms with E-state index in [4.69, 9.17) is 15.7 Å². The summed E-state index contributed by atoms with van der Waals surface area (Å²) in [5, 5.41) is 4.49. The highest BCUT2D eigenvalue weighted by Gasteiger charge is 2.24. The molecule has 2 heterocycles. The maximum atomic E-state index is 14.9. The number of nitrogens with zero attached hydrogens (tertiary/aromatic N) is 3. The Bertz CT molecular complexity index is 870. The molecule has 1 aliphatic carbocycles. The molecule has 0 atom stereocenters. The van der Waals surface area contributed by atoms with Crippen molar-refractivity contribution in [3.05, 3.63) is 29.3 Å². The lowest BCUT2D eigenvalue weighted by atomic mass is 9.88.